The maximum absolute atomic E-state index is 6.91. The van der Waals surface area contributed by atoms with Crippen molar-refractivity contribution in [2.45, 2.75) is 27.7 Å². The number of hydrogen-bond donors (Lipinski definition) is 1. The second-order valence-electron chi connectivity index (χ2n) is 1.14. The van der Waals surface area contributed by atoms with Gasteiger partial charge in [0.25, 0.3) is 0 Å². The smallest absolute Gasteiger partial charge is 0.0652 e. The molecule has 1 nitrogen and oxygen atoms in total. The molecule has 0 aromatic heterocycles. The van der Waals surface area contributed by atoms with Gasteiger partial charge in [0.2, 0.25) is 0 Å². The average molecular weight is 145 g/mol. The van der Waals surface area contributed by atoms with Crippen LogP contribution in [0.25, 0.3) is 0 Å². The van der Waals surface area contributed by atoms with E-state index in [4.69, 9.17) is 5.41 Å². The van der Waals surface area contributed by atoms with Crippen LogP contribution in [0.2, 0.25) is 0 Å². The van der Waals surface area contributed by atoms with Crippen molar-refractivity contribution in [3.05, 3.63) is 11.5 Å². The first-order valence-corrected chi connectivity index (χ1v) is 3.98. The second-order valence-corrected chi connectivity index (χ2v) is 2.26. The summed E-state index contributed by atoms with van der Waals surface area (Å²) in [6, 6.07) is 0. The summed E-state index contributed by atoms with van der Waals surface area (Å²) in [4.78, 5) is 0. The number of rotatable bonds is 1. The zero-order chi connectivity index (χ0) is 7.70. The third-order valence-corrected chi connectivity index (χ3v) is 1.14. The van der Waals surface area contributed by atoms with Crippen LogP contribution >= 0.6 is 11.8 Å². The van der Waals surface area contributed by atoms with E-state index in [1.807, 2.05) is 32.3 Å². The van der Waals surface area contributed by atoms with Crippen LogP contribution in [0.1, 0.15) is 27.7 Å². The van der Waals surface area contributed by atoms with Gasteiger partial charge in [-0.15, -0.1) is 0 Å². The first-order valence-electron chi connectivity index (χ1n) is 3.10. The molecule has 0 unspecified atom stereocenters. The Labute approximate surface area is 62.1 Å². The molecule has 0 saturated carbocycles. The summed E-state index contributed by atoms with van der Waals surface area (Å²) in [7, 11) is 0. The predicted molar refractivity (Wildman–Crippen MR) is 47.2 cm³/mol. The van der Waals surface area contributed by atoms with E-state index in [0.717, 1.165) is 0 Å². The summed E-state index contributed by atoms with van der Waals surface area (Å²) < 4.78 is 0. The maximum atomic E-state index is 6.91. The lowest BCUT2D eigenvalue weighted by atomic mass is 10.8. The molecule has 1 N–H and O–H groups in total. The van der Waals surface area contributed by atoms with Crippen LogP contribution in [0.5, 0.6) is 0 Å². The highest BCUT2D eigenvalue weighted by molar-refractivity contribution is 8.16. The van der Waals surface area contributed by atoms with E-state index >= 15 is 0 Å². The van der Waals surface area contributed by atoms with Gasteiger partial charge in [-0.25, -0.2) is 0 Å². The van der Waals surface area contributed by atoms with E-state index in [1.54, 1.807) is 6.92 Å². The summed E-state index contributed by atoms with van der Waals surface area (Å²) in [6.07, 6.45) is 1.92. The van der Waals surface area contributed by atoms with Crippen LogP contribution in [0.15, 0.2) is 11.5 Å². The highest BCUT2D eigenvalue weighted by atomic mass is 32.2. The molecule has 0 atom stereocenters. The lowest BCUT2D eigenvalue weighted by Crippen LogP contribution is -1.70. The molecule has 9 heavy (non-hydrogen) atoms. The average Bonchev–Trinajstić information content (AvgIpc) is 1.88. The molecule has 0 aromatic carbocycles. The standard InChI is InChI=1S/C5H9NS.C2H6/c1-3-4-7-5(2)6;1-2/h3-4,6H,1-2H3;1-2H3/b4-3-,6-5?;. The molecule has 0 spiro atoms. The Morgan fingerprint density at radius 1 is 1.44 bits per heavy atom. The van der Waals surface area contributed by atoms with Crippen LogP contribution in [0.4, 0.5) is 0 Å². The van der Waals surface area contributed by atoms with Crippen molar-refractivity contribution in [2.75, 3.05) is 0 Å². The fourth-order valence-corrected chi connectivity index (χ4v) is 0.510. The molecule has 0 fully saturated rings. The molecule has 0 rings (SSSR count). The maximum Gasteiger partial charge on any atom is 0.0652 e. The fraction of sp³-hybridized carbons (Fsp3) is 0.571. The molecule has 0 heterocycles. The van der Waals surface area contributed by atoms with Crippen molar-refractivity contribution in [3.8, 4) is 0 Å². The van der Waals surface area contributed by atoms with Gasteiger partial charge in [-0.2, -0.15) is 0 Å². The Morgan fingerprint density at radius 2 is 1.89 bits per heavy atom. The summed E-state index contributed by atoms with van der Waals surface area (Å²) in [6.45, 7) is 7.71. The van der Waals surface area contributed by atoms with Crippen LogP contribution in [0.3, 0.4) is 0 Å². The van der Waals surface area contributed by atoms with Crippen LogP contribution < -0.4 is 0 Å². The van der Waals surface area contributed by atoms with Gasteiger partial charge >= 0.3 is 0 Å². The van der Waals surface area contributed by atoms with Crippen molar-refractivity contribution < 1.29 is 0 Å². The van der Waals surface area contributed by atoms with Gasteiger partial charge in [-0.3, -0.25) is 5.41 Å². The fourth-order valence-electron chi connectivity index (χ4n) is 0.170. The molecule has 0 aliphatic carbocycles. The molecule has 0 amide bonds. The van der Waals surface area contributed by atoms with E-state index in [2.05, 4.69) is 0 Å². The van der Waals surface area contributed by atoms with Gasteiger partial charge in [0.15, 0.2) is 0 Å². The molecule has 2 heteroatoms. The van der Waals surface area contributed by atoms with Gasteiger partial charge in [0.1, 0.15) is 0 Å². The van der Waals surface area contributed by atoms with E-state index in [-0.39, 0.29) is 0 Å². The molecule has 0 radical (unpaired) electrons. The summed E-state index contributed by atoms with van der Waals surface area (Å²) in [5.74, 6) is 0. The molecule has 0 saturated heterocycles. The first kappa shape index (κ1) is 11.5. The van der Waals surface area contributed by atoms with E-state index < -0.39 is 0 Å². The lowest BCUT2D eigenvalue weighted by molar-refractivity contribution is 1.50. The van der Waals surface area contributed by atoms with E-state index in [1.165, 1.54) is 11.8 Å². The summed E-state index contributed by atoms with van der Waals surface area (Å²) in [5, 5.41) is 9.44. The van der Waals surface area contributed by atoms with Gasteiger partial charge in [-0.1, -0.05) is 31.7 Å². The normalized spacial score (nSPS) is 8.44. The van der Waals surface area contributed by atoms with Crippen molar-refractivity contribution in [1.82, 2.24) is 0 Å². The Morgan fingerprint density at radius 3 is 2.00 bits per heavy atom. The van der Waals surface area contributed by atoms with Crippen molar-refractivity contribution in [3.63, 3.8) is 0 Å². The van der Waals surface area contributed by atoms with Crippen LogP contribution in [-0.4, -0.2) is 5.04 Å². The highest BCUT2D eigenvalue weighted by Crippen LogP contribution is 2.01. The first-order chi connectivity index (χ1) is 4.27. The van der Waals surface area contributed by atoms with Gasteiger partial charge in [0.05, 0.1) is 5.04 Å². The van der Waals surface area contributed by atoms with Crippen molar-refractivity contribution in [2.24, 2.45) is 0 Å². The van der Waals surface area contributed by atoms with Crippen molar-refractivity contribution >= 4 is 16.8 Å². The quantitative estimate of drug-likeness (QED) is 0.444. The van der Waals surface area contributed by atoms with E-state index in [9.17, 15) is 0 Å². The Bertz CT molecular complexity index is 86.9. The van der Waals surface area contributed by atoms with Gasteiger partial charge in [-0.05, 0) is 19.3 Å². The van der Waals surface area contributed by atoms with Crippen LogP contribution in [-0.2, 0) is 0 Å². The Hall–Kier alpha value is -0.240. The monoisotopic (exact) mass is 145 g/mol. The summed E-state index contributed by atoms with van der Waals surface area (Å²) >= 11 is 1.43. The zero-order valence-electron chi connectivity index (χ0n) is 6.56. The lowest BCUT2D eigenvalue weighted by Gasteiger charge is -1.82. The third kappa shape index (κ3) is 18.2. The highest BCUT2D eigenvalue weighted by Gasteiger charge is 1.76. The number of hydrogen-bond acceptors (Lipinski definition) is 2. The topological polar surface area (TPSA) is 23.9 Å². The predicted octanol–water partition coefficient (Wildman–Crippen LogP) is 3.28. The number of nitrogens with one attached hydrogen (secondary N) is 1. The molecule has 0 aromatic rings. The number of allylic oxidation sites excluding steroid dienone is 1. The third-order valence-electron chi connectivity index (χ3n) is 0.381. The molecule has 0 aliphatic rings. The molecule has 0 bridgehead atoms. The zero-order valence-corrected chi connectivity index (χ0v) is 7.38. The SMILES string of the molecule is C/C=C\SC(C)=N.CC. The van der Waals surface area contributed by atoms with Crippen LogP contribution in [0, 0.1) is 5.41 Å². The molecular weight excluding hydrogens is 130 g/mol. The Balaban J connectivity index is 0. The molecule has 54 valence electrons. The minimum atomic E-state index is 0.637. The second kappa shape index (κ2) is 10.7. The largest absolute Gasteiger partial charge is 0.298 e. The minimum Gasteiger partial charge on any atom is -0.298 e. The van der Waals surface area contributed by atoms with Crippen molar-refractivity contribution in [1.29, 1.82) is 5.41 Å². The van der Waals surface area contributed by atoms with E-state index in [0.29, 0.717) is 5.04 Å². The number of thioether (sulfide) groups is 1. The van der Waals surface area contributed by atoms with Gasteiger partial charge in [0, 0.05) is 0 Å². The minimum absolute atomic E-state index is 0.637. The Kier molecular flexibility index (Phi) is 13.7. The summed E-state index contributed by atoms with van der Waals surface area (Å²) in [5.41, 5.74) is 0. The molecular formula is C7H15NS. The van der Waals surface area contributed by atoms with Gasteiger partial charge < -0.3 is 0 Å². The molecule has 0 aliphatic heterocycles.